The van der Waals surface area contributed by atoms with Crippen LogP contribution in [0.2, 0.25) is 0 Å². The molecule has 6 rings (SSSR count). The van der Waals surface area contributed by atoms with Crippen LogP contribution in [0.25, 0.3) is 11.3 Å². The van der Waals surface area contributed by atoms with Crippen LogP contribution in [-0.4, -0.2) is 57.6 Å². The Morgan fingerprint density at radius 2 is 1.98 bits per heavy atom. The first-order valence-electron chi connectivity index (χ1n) is 14.3. The van der Waals surface area contributed by atoms with Crippen LogP contribution in [0.3, 0.4) is 0 Å². The monoisotopic (exact) mass is 571 g/mol. The second-order valence-corrected chi connectivity index (χ2v) is 12.3. The number of aliphatic hydroxyl groups is 1. The molecule has 2 aliphatic rings. The molecule has 3 atom stereocenters. The standard InChI is InChI=1S/C32H37N5O3S/c1-20-4-9-29(26(12-20)28-19-41-32(35-28)37-14-23-6-7-24(15-37)27(23)17-38)40-18-25-8-5-22(13-21(25)2)31(39)36(3)16-30-33-10-11-34-30/h4-5,8-13,19,23-24,27,38H,6-7,14-18H2,1-3H3,(H,33,34)/t23-,24+,27+. The van der Waals surface area contributed by atoms with Gasteiger partial charge in [0, 0.05) is 55.6 Å². The SMILES string of the molecule is Cc1ccc(OCc2ccc(C(=O)N(C)Cc3ncc[nH]3)cc2C)c(-c2csc(N3C[C@H]4CC[C@@H](C3)[C@H]4CO)n2)c1. The molecule has 214 valence electrons. The predicted octanol–water partition coefficient (Wildman–Crippen LogP) is 5.46. The second kappa shape index (κ2) is 11.7. The minimum Gasteiger partial charge on any atom is -0.488 e. The van der Waals surface area contributed by atoms with Crippen molar-refractivity contribution in [3.63, 3.8) is 0 Å². The van der Waals surface area contributed by atoms with Gasteiger partial charge in [0.05, 0.1) is 12.2 Å². The van der Waals surface area contributed by atoms with E-state index in [9.17, 15) is 9.90 Å². The van der Waals surface area contributed by atoms with Crippen molar-refractivity contribution in [3.8, 4) is 17.0 Å². The first kappa shape index (κ1) is 27.5. The van der Waals surface area contributed by atoms with Gasteiger partial charge in [-0.25, -0.2) is 9.97 Å². The van der Waals surface area contributed by atoms with Gasteiger partial charge >= 0.3 is 0 Å². The highest BCUT2D eigenvalue weighted by Crippen LogP contribution is 2.44. The Labute approximate surface area is 245 Å². The highest BCUT2D eigenvalue weighted by molar-refractivity contribution is 7.14. The van der Waals surface area contributed by atoms with Gasteiger partial charge in [0.15, 0.2) is 5.13 Å². The number of rotatable bonds is 9. The second-order valence-electron chi connectivity index (χ2n) is 11.5. The third kappa shape index (κ3) is 5.74. The van der Waals surface area contributed by atoms with Gasteiger partial charge < -0.3 is 24.6 Å². The maximum Gasteiger partial charge on any atom is 0.254 e. The largest absolute Gasteiger partial charge is 0.488 e. The van der Waals surface area contributed by atoms with Gasteiger partial charge in [-0.1, -0.05) is 17.7 Å². The van der Waals surface area contributed by atoms with E-state index >= 15 is 0 Å². The number of imidazole rings is 1. The molecule has 1 aliphatic carbocycles. The van der Waals surface area contributed by atoms with E-state index < -0.39 is 0 Å². The van der Waals surface area contributed by atoms with Crippen LogP contribution in [0, 0.1) is 31.6 Å². The number of aliphatic hydroxyl groups excluding tert-OH is 1. The van der Waals surface area contributed by atoms with Crippen LogP contribution in [0.4, 0.5) is 5.13 Å². The minimum absolute atomic E-state index is 0.0503. The summed E-state index contributed by atoms with van der Waals surface area (Å²) in [4.78, 5) is 29.3. The summed E-state index contributed by atoms with van der Waals surface area (Å²) >= 11 is 1.69. The predicted molar refractivity (Wildman–Crippen MR) is 161 cm³/mol. The lowest BCUT2D eigenvalue weighted by atomic mass is 9.86. The first-order valence-corrected chi connectivity index (χ1v) is 15.2. The van der Waals surface area contributed by atoms with E-state index in [4.69, 9.17) is 9.72 Å². The number of ether oxygens (including phenoxy) is 1. The minimum atomic E-state index is -0.0503. The van der Waals surface area contributed by atoms with Gasteiger partial charge in [0.1, 0.15) is 18.2 Å². The molecule has 2 N–H and O–H groups in total. The highest BCUT2D eigenvalue weighted by atomic mass is 32.1. The molecule has 9 heteroatoms. The fourth-order valence-corrected chi connectivity index (χ4v) is 7.19. The summed E-state index contributed by atoms with van der Waals surface area (Å²) in [6, 6.07) is 12.0. The number of nitrogens with zero attached hydrogens (tertiary/aromatic N) is 4. The third-order valence-electron chi connectivity index (χ3n) is 8.67. The summed E-state index contributed by atoms with van der Waals surface area (Å²) in [6.07, 6.45) is 5.85. The zero-order valence-corrected chi connectivity index (χ0v) is 24.7. The van der Waals surface area contributed by atoms with Gasteiger partial charge in [0.25, 0.3) is 5.91 Å². The molecule has 8 nitrogen and oxygen atoms in total. The molecule has 1 saturated carbocycles. The van der Waals surface area contributed by atoms with E-state index in [-0.39, 0.29) is 5.91 Å². The topological polar surface area (TPSA) is 94.6 Å². The lowest BCUT2D eigenvalue weighted by Crippen LogP contribution is -2.43. The van der Waals surface area contributed by atoms with Crippen molar-refractivity contribution < 1.29 is 14.6 Å². The van der Waals surface area contributed by atoms with E-state index in [1.54, 1.807) is 35.7 Å². The number of carbonyl (C=O) groups excluding carboxylic acids is 1. The molecule has 2 aromatic carbocycles. The van der Waals surface area contributed by atoms with Gasteiger partial charge in [0.2, 0.25) is 0 Å². The number of hydrogen-bond donors (Lipinski definition) is 2. The summed E-state index contributed by atoms with van der Waals surface area (Å²) in [5.41, 5.74) is 5.75. The Balaban J connectivity index is 1.14. The zero-order chi connectivity index (χ0) is 28.5. The Morgan fingerprint density at radius 1 is 1.17 bits per heavy atom. The van der Waals surface area contributed by atoms with Crippen LogP contribution >= 0.6 is 11.3 Å². The lowest BCUT2D eigenvalue weighted by molar-refractivity contribution is 0.0781. The van der Waals surface area contributed by atoms with E-state index in [1.165, 1.54) is 12.8 Å². The molecular formula is C32H37N5O3S. The molecule has 0 spiro atoms. The number of benzene rings is 2. The van der Waals surface area contributed by atoms with Crippen LogP contribution in [-0.2, 0) is 13.2 Å². The van der Waals surface area contributed by atoms with Crippen molar-refractivity contribution in [2.75, 3.05) is 31.6 Å². The maximum absolute atomic E-state index is 13.0. The summed E-state index contributed by atoms with van der Waals surface area (Å²) in [6.45, 7) is 7.17. The van der Waals surface area contributed by atoms with E-state index in [2.05, 4.69) is 39.3 Å². The third-order valence-corrected chi connectivity index (χ3v) is 9.58. The maximum atomic E-state index is 13.0. The Hall–Kier alpha value is -3.69. The summed E-state index contributed by atoms with van der Waals surface area (Å²) in [5, 5.41) is 13.0. The molecule has 0 unspecified atom stereocenters. The number of carbonyl (C=O) groups is 1. The van der Waals surface area contributed by atoms with E-state index in [1.807, 2.05) is 31.2 Å². The quantitative estimate of drug-likeness (QED) is 0.277. The molecular weight excluding hydrogens is 534 g/mol. The molecule has 2 bridgehead atoms. The van der Waals surface area contributed by atoms with Crippen molar-refractivity contribution in [1.29, 1.82) is 0 Å². The fraction of sp³-hybridized carbons (Fsp3) is 0.406. The molecule has 1 amide bonds. The molecule has 0 radical (unpaired) electrons. The fourth-order valence-electron chi connectivity index (χ4n) is 6.34. The molecule has 1 aliphatic heterocycles. The van der Waals surface area contributed by atoms with E-state index in [0.29, 0.717) is 43.1 Å². The average molecular weight is 572 g/mol. The Kier molecular flexibility index (Phi) is 7.81. The molecule has 4 aromatic rings. The van der Waals surface area contributed by atoms with Crippen LogP contribution in [0.15, 0.2) is 54.2 Å². The molecule has 2 fully saturated rings. The van der Waals surface area contributed by atoms with Gasteiger partial charge in [-0.05, 0) is 79.8 Å². The van der Waals surface area contributed by atoms with Crippen LogP contribution in [0.5, 0.6) is 5.75 Å². The number of thiazole rings is 1. The highest BCUT2D eigenvalue weighted by Gasteiger charge is 2.42. The number of piperidine rings is 1. The van der Waals surface area contributed by atoms with Gasteiger partial charge in [-0.3, -0.25) is 4.79 Å². The van der Waals surface area contributed by atoms with Gasteiger partial charge in [-0.2, -0.15) is 0 Å². The number of aryl methyl sites for hydroxylation is 2. The van der Waals surface area contributed by atoms with Gasteiger partial charge in [-0.15, -0.1) is 11.3 Å². The molecule has 41 heavy (non-hydrogen) atoms. The molecule has 2 aromatic heterocycles. The summed E-state index contributed by atoms with van der Waals surface area (Å²) in [5.74, 6) is 3.06. The molecule has 3 heterocycles. The molecule has 1 saturated heterocycles. The first-order chi connectivity index (χ1) is 19.9. The number of aromatic nitrogens is 3. The normalized spacial score (nSPS) is 19.9. The van der Waals surface area contributed by atoms with Crippen molar-refractivity contribution in [3.05, 3.63) is 82.3 Å². The Bertz CT molecular complexity index is 1500. The van der Waals surface area contributed by atoms with Crippen LogP contribution < -0.4 is 9.64 Å². The number of H-pyrrole nitrogens is 1. The number of amides is 1. The zero-order valence-electron chi connectivity index (χ0n) is 23.8. The van der Waals surface area contributed by atoms with Crippen LogP contribution in [0.1, 0.15) is 45.7 Å². The number of hydrogen-bond acceptors (Lipinski definition) is 7. The number of nitrogens with one attached hydrogen (secondary N) is 1. The Morgan fingerprint density at radius 3 is 2.68 bits per heavy atom. The van der Waals surface area contributed by atoms with E-state index in [0.717, 1.165) is 57.7 Å². The lowest BCUT2D eigenvalue weighted by Gasteiger charge is -2.37. The number of anilines is 1. The number of aromatic amines is 1. The number of fused-ring (bicyclic) bond motifs is 2. The smallest absolute Gasteiger partial charge is 0.254 e. The van der Waals surface area contributed by atoms with Crippen molar-refractivity contribution in [2.24, 2.45) is 17.8 Å². The van der Waals surface area contributed by atoms with Crippen molar-refractivity contribution >= 4 is 22.4 Å². The van der Waals surface area contributed by atoms with Crippen molar-refractivity contribution in [1.82, 2.24) is 19.9 Å². The summed E-state index contributed by atoms with van der Waals surface area (Å²) in [7, 11) is 1.78. The summed E-state index contributed by atoms with van der Waals surface area (Å²) < 4.78 is 6.37. The average Bonchev–Trinajstić information content (AvgIpc) is 3.72. The van der Waals surface area contributed by atoms with Crippen molar-refractivity contribution in [2.45, 2.75) is 39.8 Å².